The van der Waals surface area contributed by atoms with Gasteiger partial charge in [-0.1, -0.05) is 23.7 Å². The zero-order valence-electron chi connectivity index (χ0n) is 15.6. The van der Waals surface area contributed by atoms with Gasteiger partial charge in [0.1, 0.15) is 0 Å². The van der Waals surface area contributed by atoms with Crippen molar-refractivity contribution in [2.45, 2.75) is 25.3 Å². The van der Waals surface area contributed by atoms with Crippen LogP contribution in [0.15, 0.2) is 53.6 Å². The maximum atomic E-state index is 13.2. The Morgan fingerprint density at radius 1 is 1.17 bits per heavy atom. The first-order chi connectivity index (χ1) is 14.0. The molecule has 7 nitrogen and oxygen atoms in total. The number of amides is 1. The lowest BCUT2D eigenvalue weighted by atomic mass is 9.93. The summed E-state index contributed by atoms with van der Waals surface area (Å²) < 4.78 is 0. The number of carbonyl (C=O) groups is 1. The third kappa shape index (κ3) is 4.00. The first-order valence-electron chi connectivity index (χ1n) is 9.41. The Bertz CT molecular complexity index is 1080. The highest BCUT2D eigenvalue weighted by molar-refractivity contribution is 6.30. The van der Waals surface area contributed by atoms with E-state index in [1.807, 2.05) is 12.1 Å². The molecule has 4 rings (SSSR count). The van der Waals surface area contributed by atoms with E-state index in [0.29, 0.717) is 17.1 Å². The van der Waals surface area contributed by atoms with Crippen LogP contribution in [0.3, 0.4) is 0 Å². The molecule has 0 spiro atoms. The molecule has 8 heteroatoms. The number of rotatable bonds is 3. The molecule has 3 N–H and O–H groups in total. The maximum absolute atomic E-state index is 13.2. The number of nitrogen functional groups attached to an aromatic ring is 1. The fraction of sp³-hybridized carbons (Fsp3) is 0.238. The van der Waals surface area contributed by atoms with Crippen LogP contribution in [0.4, 0.5) is 5.95 Å². The van der Waals surface area contributed by atoms with Gasteiger partial charge in [-0.3, -0.25) is 9.59 Å². The number of hydrogen-bond donors (Lipinski definition) is 2. The van der Waals surface area contributed by atoms with E-state index >= 15 is 0 Å². The third-order valence-electron chi connectivity index (χ3n) is 5.10. The van der Waals surface area contributed by atoms with Gasteiger partial charge in [0.05, 0.1) is 17.3 Å². The molecule has 0 aliphatic carbocycles. The van der Waals surface area contributed by atoms with Crippen LogP contribution in [0, 0.1) is 0 Å². The van der Waals surface area contributed by atoms with Crippen molar-refractivity contribution < 1.29 is 4.79 Å². The molecule has 1 atom stereocenters. The number of nitrogens with one attached hydrogen (secondary N) is 1. The molecule has 1 fully saturated rings. The summed E-state index contributed by atoms with van der Waals surface area (Å²) in [4.78, 5) is 37.6. The average Bonchev–Trinajstić information content (AvgIpc) is 2.74. The monoisotopic (exact) mass is 409 g/mol. The lowest BCUT2D eigenvalue weighted by molar-refractivity contribution is 0.0606. The van der Waals surface area contributed by atoms with Crippen molar-refractivity contribution in [2.75, 3.05) is 12.3 Å². The Kier molecular flexibility index (Phi) is 5.31. The zero-order chi connectivity index (χ0) is 20.4. The molecule has 2 aromatic heterocycles. The first kappa shape index (κ1) is 19.1. The minimum Gasteiger partial charge on any atom is -0.368 e. The number of nitrogens with zero attached hydrogens (tertiary/aromatic N) is 3. The topological polar surface area (TPSA) is 105 Å². The van der Waals surface area contributed by atoms with Gasteiger partial charge in [0.2, 0.25) is 11.5 Å². The zero-order valence-corrected chi connectivity index (χ0v) is 16.4. The first-order valence-corrected chi connectivity index (χ1v) is 9.79. The van der Waals surface area contributed by atoms with E-state index in [9.17, 15) is 9.59 Å². The molecular weight excluding hydrogens is 390 g/mol. The highest BCUT2D eigenvalue weighted by Crippen LogP contribution is 2.36. The van der Waals surface area contributed by atoms with E-state index in [1.54, 1.807) is 29.3 Å². The number of hydrogen-bond acceptors (Lipinski definition) is 5. The fourth-order valence-electron chi connectivity index (χ4n) is 3.68. The lowest BCUT2D eigenvalue weighted by Crippen LogP contribution is -2.39. The van der Waals surface area contributed by atoms with Gasteiger partial charge in [-0.2, -0.15) is 0 Å². The quantitative estimate of drug-likeness (QED) is 0.689. The second-order valence-electron chi connectivity index (χ2n) is 6.99. The lowest BCUT2D eigenvalue weighted by Gasteiger charge is -2.36. The van der Waals surface area contributed by atoms with Crippen molar-refractivity contribution in [2.24, 2.45) is 0 Å². The van der Waals surface area contributed by atoms with Gasteiger partial charge in [-0.25, -0.2) is 9.97 Å². The summed E-state index contributed by atoms with van der Waals surface area (Å²) in [6.07, 6.45) is 5.79. The molecule has 1 aliphatic heterocycles. The molecule has 148 valence electrons. The minimum absolute atomic E-state index is 0.148. The van der Waals surface area contributed by atoms with Gasteiger partial charge < -0.3 is 15.6 Å². The molecular formula is C21H20ClN5O2. The van der Waals surface area contributed by atoms with Crippen LogP contribution in [-0.4, -0.2) is 32.3 Å². The number of likely N-dealkylation sites (tertiary alicyclic amines) is 1. The van der Waals surface area contributed by atoms with Gasteiger partial charge in [-0.15, -0.1) is 0 Å². The van der Waals surface area contributed by atoms with Crippen molar-refractivity contribution in [3.8, 4) is 11.1 Å². The SMILES string of the molecule is Nc1ncc(-c2ccc(Cl)cc2)c(C2CCCCN2C(=O)c2ccc(=O)[nH]c2)n1. The smallest absolute Gasteiger partial charge is 0.255 e. The van der Waals surface area contributed by atoms with Crippen molar-refractivity contribution >= 4 is 23.5 Å². The van der Waals surface area contributed by atoms with Crippen molar-refractivity contribution in [1.29, 1.82) is 0 Å². The highest BCUT2D eigenvalue weighted by Gasteiger charge is 2.32. The van der Waals surface area contributed by atoms with E-state index in [2.05, 4.69) is 15.0 Å². The Hall–Kier alpha value is -3.19. The molecule has 0 radical (unpaired) electrons. The summed E-state index contributed by atoms with van der Waals surface area (Å²) in [5.41, 5.74) is 8.54. The summed E-state index contributed by atoms with van der Waals surface area (Å²) in [5, 5.41) is 0.638. The summed E-state index contributed by atoms with van der Waals surface area (Å²) in [6, 6.07) is 10.1. The van der Waals surface area contributed by atoms with Crippen LogP contribution in [0.2, 0.25) is 5.02 Å². The van der Waals surface area contributed by atoms with Gasteiger partial charge in [0, 0.05) is 35.6 Å². The van der Waals surface area contributed by atoms with Crippen LogP contribution >= 0.6 is 11.6 Å². The highest BCUT2D eigenvalue weighted by atomic mass is 35.5. The van der Waals surface area contributed by atoms with E-state index in [-0.39, 0.29) is 23.5 Å². The van der Waals surface area contributed by atoms with E-state index in [1.165, 1.54) is 12.3 Å². The van der Waals surface area contributed by atoms with Gasteiger partial charge in [0.15, 0.2) is 0 Å². The van der Waals surface area contributed by atoms with Crippen molar-refractivity contribution in [1.82, 2.24) is 19.9 Å². The number of aromatic amines is 1. The molecule has 3 aromatic rings. The number of nitrogens with two attached hydrogens (primary N) is 1. The second kappa shape index (κ2) is 8.05. The predicted molar refractivity (Wildman–Crippen MR) is 112 cm³/mol. The van der Waals surface area contributed by atoms with Crippen LogP contribution in [-0.2, 0) is 0 Å². The standard InChI is InChI=1S/C21H20ClN5O2/c22-15-7-4-13(5-8-15)16-12-25-21(23)26-19(16)17-3-1-2-10-27(17)20(29)14-6-9-18(28)24-11-14/h4-9,11-12,17H,1-3,10H2,(H,24,28)(H2,23,25,26). The number of anilines is 1. The second-order valence-corrected chi connectivity index (χ2v) is 7.42. The van der Waals surface area contributed by atoms with Gasteiger partial charge in [-0.05, 0) is 43.0 Å². The van der Waals surface area contributed by atoms with Crippen molar-refractivity contribution in [3.05, 3.63) is 75.4 Å². The fourth-order valence-corrected chi connectivity index (χ4v) is 3.81. The molecule has 1 amide bonds. The van der Waals surface area contributed by atoms with Crippen LogP contribution in [0.5, 0.6) is 0 Å². The Balaban J connectivity index is 1.76. The van der Waals surface area contributed by atoms with Crippen LogP contribution in [0.1, 0.15) is 41.4 Å². The van der Waals surface area contributed by atoms with E-state index < -0.39 is 0 Å². The molecule has 0 saturated carbocycles. The molecule has 1 unspecified atom stereocenters. The van der Waals surface area contributed by atoms with E-state index in [4.69, 9.17) is 17.3 Å². The number of pyridine rings is 1. The van der Waals surface area contributed by atoms with Gasteiger partial charge >= 0.3 is 0 Å². The summed E-state index contributed by atoms with van der Waals surface area (Å²) in [6.45, 7) is 0.604. The molecule has 3 heterocycles. The summed E-state index contributed by atoms with van der Waals surface area (Å²) in [7, 11) is 0. The largest absolute Gasteiger partial charge is 0.368 e. The molecule has 1 aliphatic rings. The number of benzene rings is 1. The molecule has 0 bridgehead atoms. The number of aromatic nitrogens is 3. The summed E-state index contributed by atoms with van der Waals surface area (Å²) in [5.74, 6) is 0.0184. The van der Waals surface area contributed by atoms with Crippen molar-refractivity contribution in [3.63, 3.8) is 0 Å². The van der Waals surface area contributed by atoms with E-state index in [0.717, 1.165) is 36.1 Å². The number of halogens is 1. The van der Waals surface area contributed by atoms with Crippen LogP contribution < -0.4 is 11.3 Å². The Morgan fingerprint density at radius 3 is 2.69 bits per heavy atom. The molecule has 1 aromatic carbocycles. The number of H-pyrrole nitrogens is 1. The number of carbonyl (C=O) groups excluding carboxylic acids is 1. The van der Waals surface area contributed by atoms with Crippen LogP contribution in [0.25, 0.3) is 11.1 Å². The Morgan fingerprint density at radius 2 is 1.97 bits per heavy atom. The normalized spacial score (nSPS) is 16.6. The predicted octanol–water partition coefficient (Wildman–Crippen LogP) is 3.43. The molecule has 29 heavy (non-hydrogen) atoms. The minimum atomic E-state index is -0.245. The maximum Gasteiger partial charge on any atom is 0.255 e. The molecule has 1 saturated heterocycles. The third-order valence-corrected chi connectivity index (χ3v) is 5.35. The number of piperidine rings is 1. The summed E-state index contributed by atoms with van der Waals surface area (Å²) >= 11 is 6.03. The Labute approximate surface area is 172 Å². The van der Waals surface area contributed by atoms with Gasteiger partial charge in [0.25, 0.3) is 5.91 Å². The average molecular weight is 410 g/mol.